The normalized spacial score (nSPS) is 12.7. The Bertz CT molecular complexity index is 427. The monoisotopic (exact) mass is 320 g/mol. The summed E-state index contributed by atoms with van der Waals surface area (Å²) in [4.78, 5) is 11.8. The van der Waals surface area contributed by atoms with Crippen LogP contribution in [0.15, 0.2) is 30.3 Å². The first-order valence-electron chi connectivity index (χ1n) is 6.75. The number of amides is 1. The lowest BCUT2D eigenvalue weighted by Gasteiger charge is -2.22. The molecule has 0 aromatic heterocycles. The SMILES string of the molecule is CC(C)C(CC(=O)NCC(F)(F)CN)c1ccccc1.Cl. The van der Waals surface area contributed by atoms with Crippen molar-refractivity contribution in [2.75, 3.05) is 13.1 Å². The number of alkyl halides is 2. The highest BCUT2D eigenvalue weighted by atomic mass is 35.5. The molecule has 0 aliphatic rings. The van der Waals surface area contributed by atoms with Gasteiger partial charge in [-0.15, -0.1) is 12.4 Å². The molecule has 0 aliphatic carbocycles. The zero-order valence-corrected chi connectivity index (χ0v) is 13.1. The molecule has 1 unspecified atom stereocenters. The van der Waals surface area contributed by atoms with Crippen LogP contribution >= 0.6 is 12.4 Å². The average molecular weight is 321 g/mol. The van der Waals surface area contributed by atoms with Crippen molar-refractivity contribution in [3.05, 3.63) is 35.9 Å². The molecule has 21 heavy (non-hydrogen) atoms. The summed E-state index contributed by atoms with van der Waals surface area (Å²) in [6, 6.07) is 9.62. The van der Waals surface area contributed by atoms with Crippen LogP contribution in [0.5, 0.6) is 0 Å². The Kier molecular flexibility index (Phi) is 8.44. The van der Waals surface area contributed by atoms with E-state index in [4.69, 9.17) is 5.73 Å². The van der Waals surface area contributed by atoms with E-state index in [9.17, 15) is 13.6 Å². The first kappa shape index (κ1) is 19.8. The van der Waals surface area contributed by atoms with Crippen LogP contribution in [0.3, 0.4) is 0 Å². The van der Waals surface area contributed by atoms with E-state index in [0.29, 0.717) is 0 Å². The van der Waals surface area contributed by atoms with Crippen molar-refractivity contribution >= 4 is 18.3 Å². The van der Waals surface area contributed by atoms with Crippen LogP contribution < -0.4 is 11.1 Å². The minimum absolute atomic E-state index is 0. The maximum atomic E-state index is 13.0. The second-order valence-electron chi connectivity index (χ2n) is 5.30. The molecule has 1 aromatic carbocycles. The summed E-state index contributed by atoms with van der Waals surface area (Å²) in [5.41, 5.74) is 5.98. The summed E-state index contributed by atoms with van der Waals surface area (Å²) >= 11 is 0. The molecule has 0 spiro atoms. The first-order valence-corrected chi connectivity index (χ1v) is 6.75. The van der Waals surface area contributed by atoms with Gasteiger partial charge in [-0.2, -0.15) is 0 Å². The van der Waals surface area contributed by atoms with Crippen LogP contribution in [0.25, 0.3) is 0 Å². The van der Waals surface area contributed by atoms with E-state index in [1.54, 1.807) is 0 Å². The van der Waals surface area contributed by atoms with Crippen molar-refractivity contribution in [1.29, 1.82) is 0 Å². The highest BCUT2D eigenvalue weighted by Gasteiger charge is 2.28. The average Bonchev–Trinajstić information content (AvgIpc) is 2.43. The standard InChI is InChI=1S/C15H22F2N2O.ClH/c1-11(2)13(12-6-4-3-5-7-12)8-14(20)19-10-15(16,17)9-18;/h3-7,11,13H,8-10,18H2,1-2H3,(H,19,20);1H. The molecule has 0 saturated heterocycles. The second-order valence-corrected chi connectivity index (χ2v) is 5.30. The largest absolute Gasteiger partial charge is 0.350 e. The number of nitrogens with two attached hydrogens (primary N) is 1. The lowest BCUT2D eigenvalue weighted by atomic mass is 9.85. The number of rotatable bonds is 7. The molecular formula is C15H23ClF2N2O. The molecule has 1 amide bonds. The molecular weight excluding hydrogens is 298 g/mol. The number of carbonyl (C=O) groups excluding carboxylic acids is 1. The van der Waals surface area contributed by atoms with Crippen LogP contribution in [-0.4, -0.2) is 24.9 Å². The molecule has 120 valence electrons. The lowest BCUT2D eigenvalue weighted by molar-refractivity contribution is -0.123. The van der Waals surface area contributed by atoms with Gasteiger partial charge in [-0.25, -0.2) is 8.78 Å². The van der Waals surface area contributed by atoms with Gasteiger partial charge in [-0.1, -0.05) is 44.2 Å². The van der Waals surface area contributed by atoms with E-state index in [1.165, 1.54) is 0 Å². The Morgan fingerprint density at radius 3 is 2.33 bits per heavy atom. The van der Waals surface area contributed by atoms with E-state index in [0.717, 1.165) is 5.56 Å². The molecule has 0 fully saturated rings. The molecule has 3 N–H and O–H groups in total. The third-order valence-electron chi connectivity index (χ3n) is 3.28. The van der Waals surface area contributed by atoms with Gasteiger partial charge in [-0.3, -0.25) is 4.79 Å². The zero-order chi connectivity index (χ0) is 15.2. The van der Waals surface area contributed by atoms with Gasteiger partial charge in [0.1, 0.15) is 0 Å². The van der Waals surface area contributed by atoms with Crippen LogP contribution in [0.2, 0.25) is 0 Å². The summed E-state index contributed by atoms with van der Waals surface area (Å²) in [5, 5.41) is 2.26. The molecule has 0 aliphatic heterocycles. The first-order chi connectivity index (χ1) is 9.35. The van der Waals surface area contributed by atoms with E-state index in [2.05, 4.69) is 5.32 Å². The van der Waals surface area contributed by atoms with Crippen molar-refractivity contribution < 1.29 is 13.6 Å². The fourth-order valence-corrected chi connectivity index (χ4v) is 2.01. The predicted molar refractivity (Wildman–Crippen MR) is 82.9 cm³/mol. The Morgan fingerprint density at radius 1 is 1.29 bits per heavy atom. The summed E-state index contributed by atoms with van der Waals surface area (Å²) in [6.45, 7) is 2.56. The minimum Gasteiger partial charge on any atom is -0.350 e. The van der Waals surface area contributed by atoms with Gasteiger partial charge in [0.05, 0.1) is 13.1 Å². The molecule has 6 heteroatoms. The van der Waals surface area contributed by atoms with Gasteiger partial charge in [0.25, 0.3) is 5.92 Å². The maximum Gasteiger partial charge on any atom is 0.277 e. The number of benzene rings is 1. The predicted octanol–water partition coefficient (Wildman–Crippen LogP) is 2.95. The number of halogens is 3. The zero-order valence-electron chi connectivity index (χ0n) is 12.3. The highest BCUT2D eigenvalue weighted by molar-refractivity contribution is 5.85. The number of nitrogens with one attached hydrogen (secondary N) is 1. The lowest BCUT2D eigenvalue weighted by Crippen LogP contribution is -2.42. The molecule has 0 saturated carbocycles. The van der Waals surface area contributed by atoms with E-state index in [1.807, 2.05) is 44.2 Å². The molecule has 0 heterocycles. The van der Waals surface area contributed by atoms with Crippen LogP contribution in [0.1, 0.15) is 31.7 Å². The van der Waals surface area contributed by atoms with Crippen molar-refractivity contribution in [1.82, 2.24) is 5.32 Å². The van der Waals surface area contributed by atoms with Crippen LogP contribution in [0.4, 0.5) is 8.78 Å². The van der Waals surface area contributed by atoms with E-state index < -0.39 is 19.0 Å². The topological polar surface area (TPSA) is 55.1 Å². The molecule has 3 nitrogen and oxygen atoms in total. The molecule has 1 atom stereocenters. The van der Waals surface area contributed by atoms with E-state index >= 15 is 0 Å². The van der Waals surface area contributed by atoms with Crippen molar-refractivity contribution in [2.45, 2.75) is 32.1 Å². The Balaban J connectivity index is 0.00000400. The Hall–Kier alpha value is -1.20. The van der Waals surface area contributed by atoms with Crippen LogP contribution in [-0.2, 0) is 4.79 Å². The summed E-state index contributed by atoms with van der Waals surface area (Å²) in [6.07, 6.45) is 0.197. The fraction of sp³-hybridized carbons (Fsp3) is 0.533. The second kappa shape index (κ2) is 8.95. The van der Waals surface area contributed by atoms with Crippen LogP contribution in [0, 0.1) is 5.92 Å². The number of hydrogen-bond donors (Lipinski definition) is 2. The summed E-state index contributed by atoms with van der Waals surface area (Å²) in [7, 11) is 0. The summed E-state index contributed by atoms with van der Waals surface area (Å²) in [5.74, 6) is -3.16. The molecule has 0 bridgehead atoms. The third kappa shape index (κ3) is 6.87. The van der Waals surface area contributed by atoms with Crippen molar-refractivity contribution in [2.24, 2.45) is 11.7 Å². The third-order valence-corrected chi connectivity index (χ3v) is 3.28. The van der Waals surface area contributed by atoms with Crippen molar-refractivity contribution in [3.63, 3.8) is 0 Å². The number of hydrogen-bond acceptors (Lipinski definition) is 2. The molecule has 0 radical (unpaired) electrons. The minimum atomic E-state index is -3.05. The smallest absolute Gasteiger partial charge is 0.277 e. The highest BCUT2D eigenvalue weighted by Crippen LogP contribution is 2.27. The summed E-state index contributed by atoms with van der Waals surface area (Å²) < 4.78 is 26.0. The quantitative estimate of drug-likeness (QED) is 0.811. The van der Waals surface area contributed by atoms with Crippen molar-refractivity contribution in [3.8, 4) is 0 Å². The van der Waals surface area contributed by atoms with Gasteiger partial charge in [0.15, 0.2) is 0 Å². The number of carbonyl (C=O) groups is 1. The van der Waals surface area contributed by atoms with Gasteiger partial charge in [0.2, 0.25) is 5.91 Å². The fourth-order valence-electron chi connectivity index (χ4n) is 2.01. The van der Waals surface area contributed by atoms with Gasteiger partial charge in [0, 0.05) is 6.42 Å². The Labute approximate surface area is 130 Å². The van der Waals surface area contributed by atoms with Gasteiger partial charge < -0.3 is 11.1 Å². The van der Waals surface area contributed by atoms with E-state index in [-0.39, 0.29) is 36.6 Å². The molecule has 1 aromatic rings. The molecule has 1 rings (SSSR count). The van der Waals surface area contributed by atoms with Gasteiger partial charge in [-0.05, 0) is 17.4 Å². The maximum absolute atomic E-state index is 13.0. The van der Waals surface area contributed by atoms with Gasteiger partial charge >= 0.3 is 0 Å². The Morgan fingerprint density at radius 2 is 1.86 bits per heavy atom.